The fourth-order valence-corrected chi connectivity index (χ4v) is 2.98. The Morgan fingerprint density at radius 1 is 0.833 bits per heavy atom. The van der Waals surface area contributed by atoms with Crippen molar-refractivity contribution in [3.8, 4) is 0 Å². The number of hydrogen-bond donors (Lipinski definition) is 4. The fraction of sp³-hybridized carbons (Fsp3) is 1.00. The molecule has 1 rings (SSSR count). The van der Waals surface area contributed by atoms with Gasteiger partial charge in [0.15, 0.2) is 6.29 Å². The van der Waals surface area contributed by atoms with Crippen LogP contribution in [0.15, 0.2) is 0 Å². The minimum Gasteiger partial charge on any atom is -0.396 e. The van der Waals surface area contributed by atoms with Crippen LogP contribution in [-0.2, 0) is 9.47 Å². The molecule has 1 aliphatic rings. The summed E-state index contributed by atoms with van der Waals surface area (Å²) in [5.41, 5.74) is 0. The van der Waals surface area contributed by atoms with Crippen molar-refractivity contribution in [1.82, 2.24) is 0 Å². The molecular formula is C18H36O6. The molecule has 2 unspecified atom stereocenters. The lowest BCUT2D eigenvalue weighted by Crippen LogP contribution is -2.46. The van der Waals surface area contributed by atoms with Gasteiger partial charge in [0.2, 0.25) is 0 Å². The maximum absolute atomic E-state index is 10.0. The monoisotopic (exact) mass is 348 g/mol. The average Bonchev–Trinajstić information content (AvgIpc) is 2.69. The van der Waals surface area contributed by atoms with Gasteiger partial charge in [0, 0.05) is 12.5 Å². The molecule has 1 heterocycles. The largest absolute Gasteiger partial charge is 0.396 e. The van der Waals surface area contributed by atoms with E-state index in [1.165, 1.54) is 44.9 Å². The number of hydrogen-bond acceptors (Lipinski definition) is 6. The molecule has 0 spiro atoms. The van der Waals surface area contributed by atoms with Crippen molar-refractivity contribution >= 4 is 0 Å². The Kier molecular flexibility index (Phi) is 11.8. The van der Waals surface area contributed by atoms with E-state index >= 15 is 0 Å². The highest BCUT2D eigenvalue weighted by atomic mass is 16.7. The van der Waals surface area contributed by atoms with Crippen LogP contribution >= 0.6 is 0 Å². The Labute approximate surface area is 145 Å². The molecule has 144 valence electrons. The Hall–Kier alpha value is -0.240. The smallest absolute Gasteiger partial charge is 0.186 e. The summed E-state index contributed by atoms with van der Waals surface area (Å²) in [6.45, 7) is 2.41. The van der Waals surface area contributed by atoms with Gasteiger partial charge in [0.05, 0.1) is 19.3 Å². The molecule has 0 amide bonds. The molecule has 1 saturated heterocycles. The number of aliphatic hydroxyl groups excluding tert-OH is 4. The predicted molar refractivity (Wildman–Crippen MR) is 91.5 cm³/mol. The van der Waals surface area contributed by atoms with Crippen LogP contribution in [0.3, 0.4) is 0 Å². The summed E-state index contributed by atoms with van der Waals surface area (Å²) in [5, 5.41) is 38.9. The summed E-state index contributed by atoms with van der Waals surface area (Å²) in [7, 11) is 0. The van der Waals surface area contributed by atoms with Crippen LogP contribution in [0.2, 0.25) is 0 Å². The van der Waals surface area contributed by atoms with Crippen LogP contribution in [0.4, 0.5) is 0 Å². The van der Waals surface area contributed by atoms with E-state index in [2.05, 4.69) is 6.92 Å². The summed E-state index contributed by atoms with van der Waals surface area (Å²) in [6.07, 6.45) is 6.06. The van der Waals surface area contributed by atoms with Gasteiger partial charge in [-0.05, 0) is 6.42 Å². The highest BCUT2D eigenvalue weighted by molar-refractivity contribution is 4.85. The standard InChI is InChI=1S/C18H36O6/c1-2-3-4-5-6-7-8-9-10-11-23-18-17(22)16(21)15(20)14(12-19)13-24-18/h14-22H,2-13H2,1H3/t14?,15-,16+,17?,18-/m1/s1. The predicted octanol–water partition coefficient (Wildman–Crippen LogP) is 1.58. The van der Waals surface area contributed by atoms with Crippen molar-refractivity contribution in [3.05, 3.63) is 0 Å². The zero-order valence-corrected chi connectivity index (χ0v) is 15.0. The average molecular weight is 348 g/mol. The highest BCUT2D eigenvalue weighted by Crippen LogP contribution is 2.21. The van der Waals surface area contributed by atoms with Gasteiger partial charge in [-0.15, -0.1) is 0 Å². The van der Waals surface area contributed by atoms with Crippen molar-refractivity contribution in [2.45, 2.75) is 89.3 Å². The second-order valence-electron chi connectivity index (χ2n) is 6.82. The van der Waals surface area contributed by atoms with Crippen LogP contribution in [0, 0.1) is 5.92 Å². The van der Waals surface area contributed by atoms with Crippen LogP contribution in [0.25, 0.3) is 0 Å². The van der Waals surface area contributed by atoms with Crippen molar-refractivity contribution in [2.75, 3.05) is 19.8 Å². The van der Waals surface area contributed by atoms with E-state index in [4.69, 9.17) is 14.6 Å². The lowest BCUT2D eigenvalue weighted by Gasteiger charge is -2.25. The van der Waals surface area contributed by atoms with Crippen LogP contribution in [-0.4, -0.2) is 64.8 Å². The molecule has 1 aliphatic heterocycles. The Balaban J connectivity index is 2.11. The van der Waals surface area contributed by atoms with E-state index in [9.17, 15) is 15.3 Å². The normalized spacial score (nSPS) is 31.1. The lowest BCUT2D eigenvalue weighted by molar-refractivity contribution is -0.209. The molecule has 0 aromatic rings. The minimum absolute atomic E-state index is 0.0498. The number of rotatable bonds is 12. The van der Waals surface area contributed by atoms with Crippen molar-refractivity contribution in [1.29, 1.82) is 0 Å². The van der Waals surface area contributed by atoms with Crippen molar-refractivity contribution in [3.63, 3.8) is 0 Å². The molecule has 5 atom stereocenters. The van der Waals surface area contributed by atoms with Crippen LogP contribution in [0.1, 0.15) is 64.7 Å². The minimum atomic E-state index is -1.38. The SMILES string of the molecule is CCCCCCCCCCCO[C@@H]1OCC(CO)[C@@H](O)[C@H](O)C1O. The molecule has 1 fully saturated rings. The van der Waals surface area contributed by atoms with E-state index in [1.54, 1.807) is 0 Å². The Bertz CT molecular complexity index is 301. The molecule has 0 aromatic heterocycles. The third-order valence-corrected chi connectivity index (χ3v) is 4.70. The summed E-state index contributed by atoms with van der Waals surface area (Å²) < 4.78 is 10.9. The van der Waals surface area contributed by atoms with Gasteiger partial charge < -0.3 is 29.9 Å². The first kappa shape index (κ1) is 21.8. The second kappa shape index (κ2) is 13.0. The topological polar surface area (TPSA) is 99.4 Å². The summed E-state index contributed by atoms with van der Waals surface area (Å²) in [4.78, 5) is 0. The molecule has 6 heteroatoms. The summed E-state index contributed by atoms with van der Waals surface area (Å²) in [5.74, 6) is -0.615. The van der Waals surface area contributed by atoms with Gasteiger partial charge in [-0.2, -0.15) is 0 Å². The molecule has 4 N–H and O–H groups in total. The molecule has 0 saturated carbocycles. The van der Waals surface area contributed by atoms with Gasteiger partial charge in [0.25, 0.3) is 0 Å². The maximum Gasteiger partial charge on any atom is 0.186 e. The van der Waals surface area contributed by atoms with Gasteiger partial charge in [-0.3, -0.25) is 0 Å². The molecule has 24 heavy (non-hydrogen) atoms. The first-order valence-corrected chi connectivity index (χ1v) is 9.50. The molecule has 0 aromatic carbocycles. The van der Waals surface area contributed by atoms with Crippen molar-refractivity contribution in [2.24, 2.45) is 5.92 Å². The van der Waals surface area contributed by atoms with Gasteiger partial charge in [-0.25, -0.2) is 0 Å². The van der Waals surface area contributed by atoms with E-state index < -0.39 is 30.5 Å². The quantitative estimate of drug-likeness (QED) is 0.400. The Morgan fingerprint density at radius 3 is 2.00 bits per heavy atom. The fourth-order valence-electron chi connectivity index (χ4n) is 2.98. The summed E-state index contributed by atoms with van der Waals surface area (Å²) >= 11 is 0. The third-order valence-electron chi connectivity index (χ3n) is 4.70. The number of aliphatic hydroxyl groups is 4. The van der Waals surface area contributed by atoms with Crippen LogP contribution < -0.4 is 0 Å². The van der Waals surface area contributed by atoms with Crippen LogP contribution in [0.5, 0.6) is 0 Å². The highest BCUT2D eigenvalue weighted by Gasteiger charge is 2.40. The molecule has 0 bridgehead atoms. The zero-order chi connectivity index (χ0) is 17.8. The van der Waals surface area contributed by atoms with E-state index in [0.717, 1.165) is 12.8 Å². The van der Waals surface area contributed by atoms with Gasteiger partial charge >= 0.3 is 0 Å². The first-order valence-electron chi connectivity index (χ1n) is 9.50. The van der Waals surface area contributed by atoms with Crippen molar-refractivity contribution < 1.29 is 29.9 Å². The van der Waals surface area contributed by atoms with E-state index in [0.29, 0.717) is 6.61 Å². The van der Waals surface area contributed by atoms with E-state index in [1.807, 2.05) is 0 Å². The molecular weight excluding hydrogens is 312 g/mol. The number of ether oxygens (including phenoxy) is 2. The second-order valence-corrected chi connectivity index (χ2v) is 6.82. The van der Waals surface area contributed by atoms with E-state index in [-0.39, 0.29) is 13.2 Å². The number of unbranched alkanes of at least 4 members (excludes halogenated alkanes) is 8. The van der Waals surface area contributed by atoms with Gasteiger partial charge in [0.1, 0.15) is 12.2 Å². The Morgan fingerprint density at radius 2 is 1.42 bits per heavy atom. The third kappa shape index (κ3) is 7.76. The summed E-state index contributed by atoms with van der Waals surface area (Å²) in [6, 6.07) is 0. The lowest BCUT2D eigenvalue weighted by atomic mass is 9.97. The van der Waals surface area contributed by atoms with Gasteiger partial charge in [-0.1, -0.05) is 58.3 Å². The maximum atomic E-state index is 10.0. The molecule has 0 aliphatic carbocycles. The molecule has 0 radical (unpaired) electrons. The molecule has 6 nitrogen and oxygen atoms in total. The zero-order valence-electron chi connectivity index (χ0n) is 15.0. The first-order chi connectivity index (χ1) is 11.6.